The van der Waals surface area contributed by atoms with Crippen LogP contribution >= 0.6 is 0 Å². The average molecular weight is 285 g/mol. The van der Waals surface area contributed by atoms with Gasteiger partial charge in [0, 0.05) is 13.6 Å². The topological polar surface area (TPSA) is 20.3 Å². The van der Waals surface area contributed by atoms with Gasteiger partial charge in [0.25, 0.3) is 0 Å². The lowest BCUT2D eigenvalue weighted by molar-refractivity contribution is -0.227. The van der Waals surface area contributed by atoms with Crippen LogP contribution in [-0.2, 0) is 11.2 Å². The number of hydrogen-bond acceptors (Lipinski definition) is 1. The van der Waals surface area contributed by atoms with Crippen LogP contribution in [0.5, 0.6) is 0 Å². The van der Waals surface area contributed by atoms with Gasteiger partial charge >= 0.3 is 6.18 Å². The Kier molecular flexibility index (Phi) is 4.06. The summed E-state index contributed by atoms with van der Waals surface area (Å²) < 4.78 is 40.9. The van der Waals surface area contributed by atoms with E-state index in [1.54, 1.807) is 30.3 Å². The highest BCUT2D eigenvalue weighted by Gasteiger charge is 2.60. The molecule has 1 aromatic rings. The van der Waals surface area contributed by atoms with E-state index >= 15 is 0 Å². The predicted octanol–water partition coefficient (Wildman–Crippen LogP) is 3.42. The van der Waals surface area contributed by atoms with Crippen LogP contribution in [0.3, 0.4) is 0 Å². The second kappa shape index (κ2) is 5.46. The summed E-state index contributed by atoms with van der Waals surface area (Å²) in [5.74, 6) is -0.800. The minimum Gasteiger partial charge on any atom is -0.345 e. The van der Waals surface area contributed by atoms with Crippen molar-refractivity contribution in [3.63, 3.8) is 0 Å². The Bertz CT molecular complexity index is 472. The van der Waals surface area contributed by atoms with Crippen molar-refractivity contribution in [2.45, 2.75) is 31.9 Å². The highest BCUT2D eigenvalue weighted by Crippen LogP contribution is 2.47. The number of carbonyl (C=O) groups is 1. The number of halogens is 3. The van der Waals surface area contributed by atoms with Crippen LogP contribution in [0.2, 0.25) is 0 Å². The van der Waals surface area contributed by atoms with E-state index < -0.39 is 17.5 Å². The van der Waals surface area contributed by atoms with Crippen LogP contribution in [-0.4, -0.2) is 30.6 Å². The number of nitrogens with zero attached hydrogens (tertiary/aromatic N) is 1. The first-order valence-corrected chi connectivity index (χ1v) is 6.73. The molecule has 0 spiro atoms. The normalized spacial score (nSPS) is 24.6. The summed E-state index contributed by atoms with van der Waals surface area (Å²) in [7, 11) is 1.46. The summed E-state index contributed by atoms with van der Waals surface area (Å²) in [5.41, 5.74) is -1.73. The maximum absolute atomic E-state index is 13.6. The Hall–Kier alpha value is -1.52. The Morgan fingerprint density at radius 3 is 2.45 bits per heavy atom. The summed E-state index contributed by atoms with van der Waals surface area (Å²) in [6.07, 6.45) is -3.90. The lowest BCUT2D eigenvalue weighted by Crippen LogP contribution is -2.51. The third-order valence-corrected chi connectivity index (χ3v) is 3.99. The van der Waals surface area contributed by atoms with Crippen molar-refractivity contribution in [3.05, 3.63) is 35.9 Å². The van der Waals surface area contributed by atoms with E-state index in [1.165, 1.54) is 11.9 Å². The van der Waals surface area contributed by atoms with E-state index in [0.717, 1.165) is 0 Å². The fourth-order valence-corrected chi connectivity index (χ4v) is 2.82. The Morgan fingerprint density at radius 1 is 1.20 bits per heavy atom. The molecule has 1 aliphatic rings. The standard InChI is InChI=1S/C15H18F3NO/c1-19-10-6-5-9-14(13(19)20,15(16,17)18)11-12-7-3-2-4-8-12/h2-4,7-8H,5-6,9-11H2,1H3. The first-order valence-electron chi connectivity index (χ1n) is 6.73. The van der Waals surface area contributed by atoms with Gasteiger partial charge in [-0.2, -0.15) is 13.2 Å². The molecule has 0 radical (unpaired) electrons. The second-order valence-corrected chi connectivity index (χ2v) is 5.43. The molecule has 2 nitrogen and oxygen atoms in total. The number of amides is 1. The molecule has 110 valence electrons. The van der Waals surface area contributed by atoms with Crippen molar-refractivity contribution >= 4 is 5.91 Å². The molecule has 1 heterocycles. The zero-order valence-corrected chi connectivity index (χ0v) is 11.4. The number of rotatable bonds is 2. The molecule has 1 unspecified atom stereocenters. The van der Waals surface area contributed by atoms with Crippen LogP contribution in [0.25, 0.3) is 0 Å². The summed E-state index contributed by atoms with van der Waals surface area (Å²) in [6.45, 7) is 0.394. The molecule has 20 heavy (non-hydrogen) atoms. The quantitative estimate of drug-likeness (QED) is 0.815. The highest BCUT2D eigenvalue weighted by atomic mass is 19.4. The number of benzene rings is 1. The molecule has 0 saturated carbocycles. The van der Waals surface area contributed by atoms with E-state index in [1.807, 2.05) is 0 Å². The number of alkyl halides is 3. The Balaban J connectivity index is 2.42. The van der Waals surface area contributed by atoms with Gasteiger partial charge in [-0.15, -0.1) is 0 Å². The maximum Gasteiger partial charge on any atom is 0.403 e. The van der Waals surface area contributed by atoms with Crippen LogP contribution in [0.4, 0.5) is 13.2 Å². The van der Waals surface area contributed by atoms with Gasteiger partial charge in [0.2, 0.25) is 5.91 Å². The monoisotopic (exact) mass is 285 g/mol. The van der Waals surface area contributed by atoms with Crippen LogP contribution in [0, 0.1) is 5.41 Å². The van der Waals surface area contributed by atoms with Gasteiger partial charge in [-0.3, -0.25) is 4.79 Å². The van der Waals surface area contributed by atoms with Crippen molar-refractivity contribution in [2.75, 3.05) is 13.6 Å². The Labute approximate surface area is 116 Å². The van der Waals surface area contributed by atoms with E-state index in [-0.39, 0.29) is 12.8 Å². The van der Waals surface area contributed by atoms with Gasteiger partial charge in [0.05, 0.1) is 0 Å². The first-order chi connectivity index (χ1) is 9.37. The lowest BCUT2D eigenvalue weighted by atomic mass is 9.76. The molecule has 1 fully saturated rings. The zero-order chi connectivity index (χ0) is 14.8. The van der Waals surface area contributed by atoms with Crippen molar-refractivity contribution < 1.29 is 18.0 Å². The molecule has 0 aliphatic carbocycles. The Morgan fingerprint density at radius 2 is 1.85 bits per heavy atom. The van der Waals surface area contributed by atoms with Crippen molar-refractivity contribution in [1.82, 2.24) is 4.90 Å². The van der Waals surface area contributed by atoms with E-state index in [0.29, 0.717) is 24.9 Å². The molecular weight excluding hydrogens is 267 g/mol. The second-order valence-electron chi connectivity index (χ2n) is 5.43. The van der Waals surface area contributed by atoms with E-state index in [2.05, 4.69) is 0 Å². The largest absolute Gasteiger partial charge is 0.403 e. The summed E-state index contributed by atoms with van der Waals surface area (Å²) >= 11 is 0. The molecule has 0 N–H and O–H groups in total. The van der Waals surface area contributed by atoms with Gasteiger partial charge in [-0.25, -0.2) is 0 Å². The van der Waals surface area contributed by atoms with Gasteiger partial charge in [0.15, 0.2) is 0 Å². The third-order valence-electron chi connectivity index (χ3n) is 3.99. The first kappa shape index (κ1) is 14.9. The molecule has 0 bridgehead atoms. The fraction of sp³-hybridized carbons (Fsp3) is 0.533. The van der Waals surface area contributed by atoms with Crippen molar-refractivity contribution in [1.29, 1.82) is 0 Å². The third kappa shape index (κ3) is 2.67. The van der Waals surface area contributed by atoms with Crippen LogP contribution in [0.15, 0.2) is 30.3 Å². The smallest absolute Gasteiger partial charge is 0.345 e. The number of carbonyl (C=O) groups excluding carboxylic acids is 1. The minimum atomic E-state index is -4.53. The summed E-state index contributed by atoms with van der Waals surface area (Å²) in [6, 6.07) is 8.44. The molecule has 5 heteroatoms. The highest BCUT2D eigenvalue weighted by molar-refractivity contribution is 5.84. The maximum atomic E-state index is 13.6. The molecule has 2 rings (SSSR count). The molecule has 1 amide bonds. The molecule has 1 aromatic carbocycles. The average Bonchev–Trinajstić information content (AvgIpc) is 2.53. The van der Waals surface area contributed by atoms with Gasteiger partial charge in [0.1, 0.15) is 5.41 Å². The summed E-state index contributed by atoms with van der Waals surface area (Å²) in [5, 5.41) is 0. The SMILES string of the molecule is CN1CCCCC(Cc2ccccc2)(C(F)(F)F)C1=O. The fourth-order valence-electron chi connectivity index (χ4n) is 2.82. The molecule has 1 saturated heterocycles. The molecule has 0 aromatic heterocycles. The molecule has 1 aliphatic heterocycles. The van der Waals surface area contributed by atoms with E-state index in [4.69, 9.17) is 0 Å². The van der Waals surface area contributed by atoms with Gasteiger partial charge < -0.3 is 4.90 Å². The lowest BCUT2D eigenvalue weighted by Gasteiger charge is -2.35. The van der Waals surface area contributed by atoms with Gasteiger partial charge in [-0.05, 0) is 24.8 Å². The predicted molar refractivity (Wildman–Crippen MR) is 70.1 cm³/mol. The summed E-state index contributed by atoms with van der Waals surface area (Å²) in [4.78, 5) is 13.5. The molecule has 1 atom stereocenters. The van der Waals surface area contributed by atoms with Gasteiger partial charge in [-0.1, -0.05) is 36.8 Å². The van der Waals surface area contributed by atoms with Crippen LogP contribution in [0.1, 0.15) is 24.8 Å². The minimum absolute atomic E-state index is 0.130. The number of likely N-dealkylation sites (tertiary alicyclic amines) is 1. The number of hydrogen-bond donors (Lipinski definition) is 0. The van der Waals surface area contributed by atoms with Crippen LogP contribution < -0.4 is 0 Å². The van der Waals surface area contributed by atoms with Crippen molar-refractivity contribution in [3.8, 4) is 0 Å². The zero-order valence-electron chi connectivity index (χ0n) is 11.4. The molecular formula is C15H18F3NO. The van der Waals surface area contributed by atoms with Crippen molar-refractivity contribution in [2.24, 2.45) is 5.41 Å². The van der Waals surface area contributed by atoms with E-state index in [9.17, 15) is 18.0 Å².